The molecule has 2 N–H and O–H groups in total. The van der Waals surface area contributed by atoms with Gasteiger partial charge in [-0.05, 0) is 24.3 Å². The first kappa shape index (κ1) is 14.0. The maximum Gasteiger partial charge on any atom is 0.204 e. The standard InChI is InChI=1S/C15H16BrNO2/c1-15(2,9-17)14(18)13-7-6-12(19-13)10-4-3-5-11(16)8-10/h3-8H,9,17H2,1-2H3. The Kier molecular flexibility index (Phi) is 3.92. The number of ketones is 1. The van der Waals surface area contributed by atoms with E-state index in [0.717, 1.165) is 10.0 Å². The Morgan fingerprint density at radius 3 is 2.68 bits per heavy atom. The minimum absolute atomic E-state index is 0.0729. The predicted octanol–water partition coefficient (Wildman–Crippen LogP) is 3.88. The summed E-state index contributed by atoms with van der Waals surface area (Å²) in [6, 6.07) is 11.3. The van der Waals surface area contributed by atoms with E-state index in [1.165, 1.54) is 0 Å². The zero-order valence-corrected chi connectivity index (χ0v) is 12.5. The molecule has 0 aliphatic heterocycles. The van der Waals surface area contributed by atoms with Gasteiger partial charge in [0.2, 0.25) is 5.78 Å². The summed E-state index contributed by atoms with van der Waals surface area (Å²) < 4.78 is 6.62. The molecule has 0 unspecified atom stereocenters. The SMILES string of the molecule is CC(C)(CN)C(=O)c1ccc(-c2cccc(Br)c2)o1. The third kappa shape index (κ3) is 2.96. The van der Waals surface area contributed by atoms with Crippen LogP contribution in [-0.2, 0) is 0 Å². The zero-order valence-electron chi connectivity index (χ0n) is 10.9. The van der Waals surface area contributed by atoms with Crippen LogP contribution < -0.4 is 5.73 Å². The number of Topliss-reactive ketones (excluding diaryl/α,β-unsaturated/α-hetero) is 1. The third-order valence-corrected chi connectivity index (χ3v) is 3.56. The summed E-state index contributed by atoms with van der Waals surface area (Å²) in [5, 5.41) is 0. The van der Waals surface area contributed by atoms with E-state index in [4.69, 9.17) is 10.2 Å². The molecule has 19 heavy (non-hydrogen) atoms. The minimum Gasteiger partial charge on any atom is -0.453 e. The summed E-state index contributed by atoms with van der Waals surface area (Å²) in [5.41, 5.74) is 5.94. The van der Waals surface area contributed by atoms with Crippen molar-refractivity contribution in [2.24, 2.45) is 11.1 Å². The van der Waals surface area contributed by atoms with Crippen molar-refractivity contribution < 1.29 is 9.21 Å². The molecule has 0 bridgehead atoms. The van der Waals surface area contributed by atoms with Crippen LogP contribution in [0.5, 0.6) is 0 Å². The molecule has 0 spiro atoms. The lowest BCUT2D eigenvalue weighted by molar-refractivity contribution is 0.0818. The maximum atomic E-state index is 12.2. The van der Waals surface area contributed by atoms with Gasteiger partial charge in [0.1, 0.15) is 5.76 Å². The lowest BCUT2D eigenvalue weighted by atomic mass is 9.87. The molecule has 0 aliphatic rings. The molecular weight excluding hydrogens is 306 g/mol. The van der Waals surface area contributed by atoms with Gasteiger partial charge in [-0.3, -0.25) is 4.79 Å². The predicted molar refractivity (Wildman–Crippen MR) is 79.0 cm³/mol. The van der Waals surface area contributed by atoms with Gasteiger partial charge < -0.3 is 10.2 Å². The first-order chi connectivity index (χ1) is 8.94. The van der Waals surface area contributed by atoms with Crippen molar-refractivity contribution in [3.63, 3.8) is 0 Å². The molecule has 0 amide bonds. The van der Waals surface area contributed by atoms with Gasteiger partial charge in [-0.2, -0.15) is 0 Å². The number of hydrogen-bond donors (Lipinski definition) is 1. The number of carbonyl (C=O) groups excluding carboxylic acids is 1. The van der Waals surface area contributed by atoms with Gasteiger partial charge in [-0.15, -0.1) is 0 Å². The molecule has 2 rings (SSSR count). The van der Waals surface area contributed by atoms with E-state index < -0.39 is 5.41 Å². The molecule has 1 aromatic carbocycles. The van der Waals surface area contributed by atoms with Crippen molar-refractivity contribution in [2.45, 2.75) is 13.8 Å². The second-order valence-corrected chi connectivity index (χ2v) is 6.01. The Bertz CT molecular complexity index is 602. The molecule has 3 nitrogen and oxygen atoms in total. The van der Waals surface area contributed by atoms with Crippen LogP contribution in [0.3, 0.4) is 0 Å². The van der Waals surface area contributed by atoms with Crippen molar-refractivity contribution in [3.8, 4) is 11.3 Å². The molecule has 1 heterocycles. The summed E-state index contributed by atoms with van der Waals surface area (Å²) in [5.74, 6) is 0.958. The van der Waals surface area contributed by atoms with Crippen LogP contribution in [0.2, 0.25) is 0 Å². The normalized spacial score (nSPS) is 11.6. The smallest absolute Gasteiger partial charge is 0.204 e. The summed E-state index contributed by atoms with van der Waals surface area (Å²) in [6.07, 6.45) is 0. The van der Waals surface area contributed by atoms with Gasteiger partial charge in [0, 0.05) is 22.0 Å². The average Bonchev–Trinajstić information content (AvgIpc) is 2.87. The van der Waals surface area contributed by atoms with E-state index in [1.807, 2.05) is 44.2 Å². The molecule has 2 aromatic rings. The lowest BCUT2D eigenvalue weighted by Crippen LogP contribution is -2.32. The molecule has 0 saturated heterocycles. The van der Waals surface area contributed by atoms with Crippen molar-refractivity contribution >= 4 is 21.7 Å². The summed E-state index contributed by atoms with van der Waals surface area (Å²) in [7, 11) is 0. The Balaban J connectivity index is 2.32. The first-order valence-electron chi connectivity index (χ1n) is 6.05. The molecule has 100 valence electrons. The van der Waals surface area contributed by atoms with Crippen LogP contribution in [0.25, 0.3) is 11.3 Å². The van der Waals surface area contributed by atoms with Crippen LogP contribution in [-0.4, -0.2) is 12.3 Å². The molecule has 0 atom stereocenters. The van der Waals surface area contributed by atoms with Gasteiger partial charge in [-0.1, -0.05) is 41.9 Å². The van der Waals surface area contributed by atoms with Gasteiger partial charge in [0.15, 0.2) is 5.76 Å². The average molecular weight is 322 g/mol. The summed E-state index contributed by atoms with van der Waals surface area (Å²) in [4.78, 5) is 12.2. The van der Waals surface area contributed by atoms with E-state index >= 15 is 0 Å². The second-order valence-electron chi connectivity index (χ2n) is 5.09. The number of furan rings is 1. The highest BCUT2D eigenvalue weighted by Gasteiger charge is 2.29. The van der Waals surface area contributed by atoms with Gasteiger partial charge >= 0.3 is 0 Å². The molecular formula is C15H16BrNO2. The van der Waals surface area contributed by atoms with E-state index in [0.29, 0.717) is 18.1 Å². The highest BCUT2D eigenvalue weighted by atomic mass is 79.9. The van der Waals surface area contributed by atoms with Crippen LogP contribution in [0.4, 0.5) is 0 Å². The van der Waals surface area contributed by atoms with Crippen molar-refractivity contribution in [1.29, 1.82) is 0 Å². The zero-order chi connectivity index (χ0) is 14.0. The van der Waals surface area contributed by atoms with Gasteiger partial charge in [-0.25, -0.2) is 0 Å². The number of benzene rings is 1. The Morgan fingerprint density at radius 2 is 2.05 bits per heavy atom. The van der Waals surface area contributed by atoms with E-state index in [9.17, 15) is 4.79 Å². The van der Waals surface area contributed by atoms with E-state index in [1.54, 1.807) is 6.07 Å². The van der Waals surface area contributed by atoms with E-state index in [-0.39, 0.29) is 5.78 Å². The highest BCUT2D eigenvalue weighted by Crippen LogP contribution is 2.28. The van der Waals surface area contributed by atoms with Crippen molar-refractivity contribution in [2.75, 3.05) is 6.54 Å². The quantitative estimate of drug-likeness (QED) is 0.869. The summed E-state index contributed by atoms with van der Waals surface area (Å²) >= 11 is 3.41. The molecule has 0 saturated carbocycles. The van der Waals surface area contributed by atoms with E-state index in [2.05, 4.69) is 15.9 Å². The number of nitrogens with two attached hydrogens (primary N) is 1. The van der Waals surface area contributed by atoms with Crippen LogP contribution in [0.15, 0.2) is 45.3 Å². The fourth-order valence-electron chi connectivity index (χ4n) is 1.68. The first-order valence-corrected chi connectivity index (χ1v) is 6.84. The number of carbonyl (C=O) groups is 1. The molecule has 0 aliphatic carbocycles. The Labute approximate surface area is 120 Å². The number of halogens is 1. The largest absolute Gasteiger partial charge is 0.453 e. The molecule has 1 aromatic heterocycles. The van der Waals surface area contributed by atoms with Crippen LogP contribution in [0, 0.1) is 5.41 Å². The Morgan fingerprint density at radius 1 is 1.32 bits per heavy atom. The molecule has 4 heteroatoms. The lowest BCUT2D eigenvalue weighted by Gasteiger charge is -2.18. The fraction of sp³-hybridized carbons (Fsp3) is 0.267. The minimum atomic E-state index is -0.605. The van der Waals surface area contributed by atoms with Crippen molar-refractivity contribution in [3.05, 3.63) is 46.6 Å². The highest BCUT2D eigenvalue weighted by molar-refractivity contribution is 9.10. The van der Waals surface area contributed by atoms with Gasteiger partial charge in [0.25, 0.3) is 0 Å². The monoisotopic (exact) mass is 321 g/mol. The van der Waals surface area contributed by atoms with Crippen molar-refractivity contribution in [1.82, 2.24) is 0 Å². The van der Waals surface area contributed by atoms with Crippen LogP contribution >= 0.6 is 15.9 Å². The fourth-order valence-corrected chi connectivity index (χ4v) is 2.08. The molecule has 0 fully saturated rings. The number of hydrogen-bond acceptors (Lipinski definition) is 3. The van der Waals surface area contributed by atoms with Crippen LogP contribution in [0.1, 0.15) is 24.4 Å². The topological polar surface area (TPSA) is 56.2 Å². The maximum absolute atomic E-state index is 12.2. The summed E-state index contributed by atoms with van der Waals surface area (Å²) in [6.45, 7) is 3.92. The molecule has 0 radical (unpaired) electrons. The Hall–Kier alpha value is -1.39. The third-order valence-electron chi connectivity index (χ3n) is 3.06. The number of rotatable bonds is 4. The second kappa shape index (κ2) is 5.31. The van der Waals surface area contributed by atoms with Gasteiger partial charge in [0.05, 0.1) is 0 Å².